The fourth-order valence-corrected chi connectivity index (χ4v) is 4.85. The highest BCUT2D eigenvalue weighted by atomic mass is 16.6. The smallest absolute Gasteiger partial charge is 0.269 e. The van der Waals surface area contributed by atoms with Crippen LogP contribution >= 0.6 is 0 Å². The number of benzene rings is 2. The summed E-state index contributed by atoms with van der Waals surface area (Å²) in [5.74, 6) is 1.51. The fraction of sp³-hybridized carbons (Fsp3) is 0.360. The van der Waals surface area contributed by atoms with Crippen LogP contribution in [0.1, 0.15) is 35.8 Å². The molecular weight excluding hydrogens is 390 g/mol. The van der Waals surface area contributed by atoms with E-state index in [1.54, 1.807) is 12.1 Å². The van der Waals surface area contributed by atoms with Crippen LogP contribution in [0.5, 0.6) is 5.75 Å². The molecule has 160 valence electrons. The Balaban J connectivity index is 1.21. The average molecular weight is 418 g/mol. The van der Waals surface area contributed by atoms with E-state index >= 15 is 0 Å². The van der Waals surface area contributed by atoms with E-state index in [0.29, 0.717) is 5.92 Å². The normalized spacial score (nSPS) is 19.2. The number of nitro benzene ring substituents is 1. The first-order valence-corrected chi connectivity index (χ1v) is 11.0. The molecular formula is C25H27N3O3. The standard InChI is InChI=1S/C25H27N3O3/c29-28(30)22-9-7-19(8-10-22)11-15-26-16-12-20(13-17-26)25-23-5-3-14-27(23)18-21-4-1-2-6-24(21)31-25/h1-10,14,20,25H,11-13,15-18H2. The molecule has 1 atom stereocenters. The lowest BCUT2D eigenvalue weighted by Crippen LogP contribution is -2.38. The van der Waals surface area contributed by atoms with Gasteiger partial charge in [-0.2, -0.15) is 0 Å². The van der Waals surface area contributed by atoms with Gasteiger partial charge in [-0.25, -0.2) is 0 Å². The summed E-state index contributed by atoms with van der Waals surface area (Å²) in [5.41, 5.74) is 3.82. The molecule has 6 nitrogen and oxygen atoms in total. The summed E-state index contributed by atoms with van der Waals surface area (Å²) in [6, 6.07) is 19.6. The highest BCUT2D eigenvalue weighted by Gasteiger charge is 2.33. The lowest BCUT2D eigenvalue weighted by atomic mass is 9.89. The quantitative estimate of drug-likeness (QED) is 0.441. The Morgan fingerprint density at radius 1 is 1.00 bits per heavy atom. The molecule has 0 spiro atoms. The van der Waals surface area contributed by atoms with Crippen molar-refractivity contribution < 1.29 is 9.66 Å². The second-order valence-corrected chi connectivity index (χ2v) is 8.56. The molecule has 6 heteroatoms. The van der Waals surface area contributed by atoms with Gasteiger partial charge >= 0.3 is 0 Å². The van der Waals surface area contributed by atoms with Gasteiger partial charge in [-0.15, -0.1) is 0 Å². The third-order valence-electron chi connectivity index (χ3n) is 6.65. The molecule has 3 heterocycles. The number of likely N-dealkylation sites (tertiary alicyclic amines) is 1. The first kappa shape index (κ1) is 19.8. The Kier molecular flexibility index (Phi) is 5.47. The zero-order valence-electron chi connectivity index (χ0n) is 17.5. The van der Waals surface area contributed by atoms with E-state index in [-0.39, 0.29) is 16.7 Å². The number of nitrogens with zero attached hydrogens (tertiary/aromatic N) is 3. The molecule has 0 bridgehead atoms. The summed E-state index contributed by atoms with van der Waals surface area (Å²) in [6.45, 7) is 3.96. The van der Waals surface area contributed by atoms with Gasteiger partial charge in [-0.3, -0.25) is 10.1 Å². The molecule has 2 aliphatic rings. The zero-order valence-corrected chi connectivity index (χ0v) is 17.5. The maximum Gasteiger partial charge on any atom is 0.269 e. The van der Waals surface area contributed by atoms with Crippen LogP contribution in [-0.4, -0.2) is 34.0 Å². The van der Waals surface area contributed by atoms with Crippen LogP contribution in [0, 0.1) is 16.0 Å². The zero-order chi connectivity index (χ0) is 21.2. The number of piperidine rings is 1. The predicted molar refractivity (Wildman–Crippen MR) is 119 cm³/mol. The monoisotopic (exact) mass is 417 g/mol. The average Bonchev–Trinajstić information content (AvgIpc) is 3.19. The number of ether oxygens (including phenoxy) is 1. The maximum atomic E-state index is 10.8. The largest absolute Gasteiger partial charge is 0.484 e. The number of nitro groups is 1. The van der Waals surface area contributed by atoms with Crippen LogP contribution in [0.2, 0.25) is 0 Å². The molecule has 0 radical (unpaired) electrons. The molecule has 0 saturated carbocycles. The van der Waals surface area contributed by atoms with Crippen molar-refractivity contribution in [3.63, 3.8) is 0 Å². The van der Waals surface area contributed by atoms with Crippen molar-refractivity contribution in [2.45, 2.75) is 31.9 Å². The fourth-order valence-electron chi connectivity index (χ4n) is 4.85. The third kappa shape index (κ3) is 4.21. The highest BCUT2D eigenvalue weighted by Crippen LogP contribution is 2.39. The van der Waals surface area contributed by atoms with Crippen LogP contribution in [-0.2, 0) is 13.0 Å². The Morgan fingerprint density at radius 3 is 2.55 bits per heavy atom. The van der Waals surface area contributed by atoms with Crippen molar-refractivity contribution in [1.82, 2.24) is 9.47 Å². The topological polar surface area (TPSA) is 60.5 Å². The van der Waals surface area contributed by atoms with Crippen molar-refractivity contribution in [2.24, 2.45) is 5.92 Å². The van der Waals surface area contributed by atoms with Crippen molar-refractivity contribution in [2.75, 3.05) is 19.6 Å². The Morgan fingerprint density at radius 2 is 1.77 bits per heavy atom. The molecule has 1 unspecified atom stereocenters. The molecule has 2 aliphatic heterocycles. The first-order chi connectivity index (χ1) is 15.2. The first-order valence-electron chi connectivity index (χ1n) is 11.0. The molecule has 31 heavy (non-hydrogen) atoms. The second-order valence-electron chi connectivity index (χ2n) is 8.56. The van der Waals surface area contributed by atoms with Gasteiger partial charge in [0.1, 0.15) is 11.9 Å². The summed E-state index contributed by atoms with van der Waals surface area (Å²) in [5, 5.41) is 10.8. The van der Waals surface area contributed by atoms with Gasteiger partial charge < -0.3 is 14.2 Å². The van der Waals surface area contributed by atoms with Crippen LogP contribution < -0.4 is 4.74 Å². The molecule has 5 rings (SSSR count). The molecule has 1 fully saturated rings. The molecule has 0 N–H and O–H groups in total. The Labute approximate surface area is 182 Å². The summed E-state index contributed by atoms with van der Waals surface area (Å²) in [6.07, 6.45) is 5.39. The Hall–Kier alpha value is -3.12. The van der Waals surface area contributed by atoms with Gasteiger partial charge in [-0.1, -0.05) is 30.3 Å². The Bertz CT molecular complexity index is 1050. The van der Waals surface area contributed by atoms with Crippen molar-refractivity contribution >= 4 is 5.69 Å². The lowest BCUT2D eigenvalue weighted by Gasteiger charge is -2.36. The van der Waals surface area contributed by atoms with E-state index in [9.17, 15) is 10.1 Å². The lowest BCUT2D eigenvalue weighted by molar-refractivity contribution is -0.384. The number of hydrogen-bond donors (Lipinski definition) is 0. The van der Waals surface area contributed by atoms with Crippen LogP contribution in [0.25, 0.3) is 0 Å². The van der Waals surface area contributed by atoms with Crippen LogP contribution in [0.3, 0.4) is 0 Å². The van der Waals surface area contributed by atoms with E-state index in [0.717, 1.165) is 56.8 Å². The molecule has 1 saturated heterocycles. The number of hydrogen-bond acceptors (Lipinski definition) is 4. The van der Waals surface area contributed by atoms with Crippen LogP contribution in [0.4, 0.5) is 5.69 Å². The predicted octanol–water partition coefficient (Wildman–Crippen LogP) is 4.83. The number of para-hydroxylation sites is 1. The number of aromatic nitrogens is 1. The summed E-state index contributed by atoms with van der Waals surface area (Å²) >= 11 is 0. The van der Waals surface area contributed by atoms with Gasteiger partial charge in [0.05, 0.1) is 17.2 Å². The SMILES string of the molecule is O=[N+]([O-])c1ccc(CCN2CCC(C3Oc4ccccc4Cn4cccc43)CC2)cc1. The van der Waals surface area contributed by atoms with Gasteiger partial charge in [0, 0.05) is 36.4 Å². The van der Waals surface area contributed by atoms with Crippen molar-refractivity contribution in [3.8, 4) is 5.75 Å². The number of rotatable bonds is 5. The minimum Gasteiger partial charge on any atom is -0.484 e. The van der Waals surface area contributed by atoms with Crippen molar-refractivity contribution in [1.29, 1.82) is 0 Å². The summed E-state index contributed by atoms with van der Waals surface area (Å²) in [7, 11) is 0. The molecule has 1 aromatic heterocycles. The maximum absolute atomic E-state index is 10.8. The highest BCUT2D eigenvalue weighted by molar-refractivity contribution is 5.36. The van der Waals surface area contributed by atoms with Gasteiger partial charge in [0.25, 0.3) is 5.69 Å². The van der Waals surface area contributed by atoms with E-state index in [4.69, 9.17) is 4.74 Å². The third-order valence-corrected chi connectivity index (χ3v) is 6.65. The van der Waals surface area contributed by atoms with E-state index < -0.39 is 0 Å². The number of fused-ring (bicyclic) bond motifs is 2. The summed E-state index contributed by atoms with van der Waals surface area (Å²) < 4.78 is 8.91. The second kappa shape index (κ2) is 8.55. The van der Waals surface area contributed by atoms with E-state index in [1.807, 2.05) is 12.1 Å². The minimum atomic E-state index is -0.348. The van der Waals surface area contributed by atoms with Crippen LogP contribution in [0.15, 0.2) is 66.9 Å². The van der Waals surface area contributed by atoms with Gasteiger partial charge in [0.2, 0.25) is 0 Å². The molecule has 2 aromatic carbocycles. The van der Waals surface area contributed by atoms with E-state index in [1.165, 1.54) is 11.3 Å². The molecule has 0 amide bonds. The van der Waals surface area contributed by atoms with Gasteiger partial charge in [0.15, 0.2) is 0 Å². The number of non-ortho nitro benzene ring substituents is 1. The van der Waals surface area contributed by atoms with Crippen molar-refractivity contribution in [3.05, 3.63) is 93.8 Å². The minimum absolute atomic E-state index is 0.0930. The summed E-state index contributed by atoms with van der Waals surface area (Å²) in [4.78, 5) is 13.0. The molecule has 0 aliphatic carbocycles. The molecule has 3 aromatic rings. The van der Waals surface area contributed by atoms with Gasteiger partial charge in [-0.05, 0) is 56.1 Å². The van der Waals surface area contributed by atoms with E-state index in [2.05, 4.69) is 52.1 Å².